The van der Waals surface area contributed by atoms with Gasteiger partial charge in [-0.1, -0.05) is 6.92 Å². The molecule has 0 saturated carbocycles. The molecule has 3 rings (SSSR count). The summed E-state index contributed by atoms with van der Waals surface area (Å²) in [6.07, 6.45) is 10.2. The molecule has 1 N–H and O–H groups in total. The van der Waals surface area contributed by atoms with E-state index in [2.05, 4.69) is 27.3 Å². The number of aromatic nitrogens is 4. The molecule has 0 bridgehead atoms. The minimum absolute atomic E-state index is 0.0167. The fraction of sp³-hybridized carbons (Fsp3) is 0.529. The van der Waals surface area contributed by atoms with Crippen molar-refractivity contribution in [3.8, 4) is 0 Å². The molecule has 7 heteroatoms. The zero-order valence-corrected chi connectivity index (χ0v) is 14.1. The molecule has 7 nitrogen and oxygen atoms in total. The smallest absolute Gasteiger partial charge is 0.317 e. The summed E-state index contributed by atoms with van der Waals surface area (Å²) in [7, 11) is 0. The van der Waals surface area contributed by atoms with E-state index < -0.39 is 0 Å². The maximum absolute atomic E-state index is 12.4. The van der Waals surface area contributed by atoms with Crippen molar-refractivity contribution in [2.45, 2.75) is 45.2 Å². The number of nitrogens with zero attached hydrogens (tertiary/aromatic N) is 5. The summed E-state index contributed by atoms with van der Waals surface area (Å²) >= 11 is 0. The van der Waals surface area contributed by atoms with Gasteiger partial charge >= 0.3 is 6.03 Å². The number of amides is 2. The lowest BCUT2D eigenvalue weighted by Gasteiger charge is -2.32. The van der Waals surface area contributed by atoms with Crippen LogP contribution in [0.4, 0.5) is 4.79 Å². The van der Waals surface area contributed by atoms with Crippen LogP contribution in [0.25, 0.3) is 0 Å². The number of urea groups is 1. The number of hydrogen-bond acceptors (Lipinski definition) is 4. The van der Waals surface area contributed by atoms with Crippen LogP contribution < -0.4 is 5.32 Å². The van der Waals surface area contributed by atoms with Crippen LogP contribution in [0.5, 0.6) is 0 Å². The highest BCUT2D eigenvalue weighted by Crippen LogP contribution is 2.24. The van der Waals surface area contributed by atoms with Crippen LogP contribution in [0.15, 0.2) is 31.0 Å². The second kappa shape index (κ2) is 7.90. The molecular formula is C17H24N6O. The van der Waals surface area contributed by atoms with Crippen LogP contribution in [0, 0.1) is 0 Å². The van der Waals surface area contributed by atoms with Crippen LogP contribution in [0.3, 0.4) is 0 Å². The highest BCUT2D eigenvalue weighted by atomic mass is 16.2. The van der Waals surface area contributed by atoms with Gasteiger partial charge in [0.15, 0.2) is 0 Å². The highest BCUT2D eigenvalue weighted by Gasteiger charge is 2.25. The van der Waals surface area contributed by atoms with Gasteiger partial charge in [0.25, 0.3) is 0 Å². The van der Waals surface area contributed by atoms with E-state index in [1.54, 1.807) is 12.5 Å². The number of rotatable bonds is 5. The van der Waals surface area contributed by atoms with E-state index in [1.807, 2.05) is 28.0 Å². The number of hydrogen-bond donors (Lipinski definition) is 1. The molecule has 1 atom stereocenters. The van der Waals surface area contributed by atoms with E-state index in [9.17, 15) is 4.79 Å². The number of piperidine rings is 1. The van der Waals surface area contributed by atoms with Crippen molar-refractivity contribution in [1.82, 2.24) is 30.0 Å². The Labute approximate surface area is 142 Å². The first kappa shape index (κ1) is 16.4. The summed E-state index contributed by atoms with van der Waals surface area (Å²) < 4.78 is 1.91. The number of carbonyl (C=O) groups excluding carboxylic acids is 1. The Kier molecular flexibility index (Phi) is 5.40. The van der Waals surface area contributed by atoms with Crippen molar-refractivity contribution in [2.24, 2.45) is 0 Å². The second-order valence-electron chi connectivity index (χ2n) is 6.19. The van der Waals surface area contributed by atoms with E-state index in [0.717, 1.165) is 43.6 Å². The largest absolute Gasteiger partial charge is 0.334 e. The Hall–Kier alpha value is -2.44. The third-order valence-electron chi connectivity index (χ3n) is 4.31. The molecule has 1 aliphatic heterocycles. The van der Waals surface area contributed by atoms with Crippen molar-refractivity contribution in [3.05, 3.63) is 42.2 Å². The van der Waals surface area contributed by atoms with Gasteiger partial charge in [0, 0.05) is 55.7 Å². The molecule has 1 fully saturated rings. The number of nitrogens with one attached hydrogen (secondary N) is 1. The molecule has 0 unspecified atom stereocenters. The summed E-state index contributed by atoms with van der Waals surface area (Å²) in [5.41, 5.74) is 2.05. The maximum atomic E-state index is 12.4. The fourth-order valence-electron chi connectivity index (χ4n) is 3.08. The average Bonchev–Trinajstić information content (AvgIpc) is 3.08. The van der Waals surface area contributed by atoms with Crippen LogP contribution in [-0.2, 0) is 13.1 Å². The van der Waals surface area contributed by atoms with E-state index in [0.29, 0.717) is 19.0 Å². The molecule has 0 spiro atoms. The minimum atomic E-state index is -0.0167. The van der Waals surface area contributed by atoms with E-state index in [4.69, 9.17) is 0 Å². The van der Waals surface area contributed by atoms with Gasteiger partial charge in [-0.05, 0) is 25.3 Å². The quantitative estimate of drug-likeness (QED) is 0.912. The first-order chi connectivity index (χ1) is 11.8. The van der Waals surface area contributed by atoms with Gasteiger partial charge in [-0.15, -0.1) is 0 Å². The van der Waals surface area contributed by atoms with Crippen molar-refractivity contribution in [2.75, 3.05) is 13.1 Å². The molecule has 0 aliphatic carbocycles. The average molecular weight is 328 g/mol. The maximum Gasteiger partial charge on any atom is 0.317 e. The molecule has 2 aromatic rings. The summed E-state index contributed by atoms with van der Waals surface area (Å²) in [6, 6.07) is 1.92. The van der Waals surface area contributed by atoms with Crippen molar-refractivity contribution < 1.29 is 4.79 Å². The van der Waals surface area contributed by atoms with Crippen LogP contribution in [0.2, 0.25) is 0 Å². The highest BCUT2D eigenvalue weighted by molar-refractivity contribution is 5.74. The van der Waals surface area contributed by atoms with Crippen LogP contribution in [-0.4, -0.2) is 43.8 Å². The molecular weight excluding hydrogens is 304 g/mol. The lowest BCUT2D eigenvalue weighted by Crippen LogP contribution is -2.44. The van der Waals surface area contributed by atoms with E-state index in [-0.39, 0.29) is 6.03 Å². The van der Waals surface area contributed by atoms with Gasteiger partial charge in [-0.2, -0.15) is 5.10 Å². The molecule has 0 aromatic carbocycles. The van der Waals surface area contributed by atoms with Crippen molar-refractivity contribution in [3.63, 3.8) is 0 Å². The zero-order chi connectivity index (χ0) is 16.8. The Morgan fingerprint density at radius 3 is 3.17 bits per heavy atom. The van der Waals surface area contributed by atoms with Crippen molar-refractivity contribution >= 4 is 6.03 Å². The van der Waals surface area contributed by atoms with Gasteiger partial charge in [0.05, 0.1) is 6.20 Å². The Morgan fingerprint density at radius 2 is 2.38 bits per heavy atom. The number of carbonyl (C=O) groups is 1. The predicted octanol–water partition coefficient (Wildman–Crippen LogP) is 2.17. The van der Waals surface area contributed by atoms with Crippen LogP contribution >= 0.6 is 0 Å². The molecule has 1 aliphatic rings. The third-order valence-corrected chi connectivity index (χ3v) is 4.31. The third kappa shape index (κ3) is 4.10. The van der Waals surface area contributed by atoms with Crippen molar-refractivity contribution in [1.29, 1.82) is 0 Å². The van der Waals surface area contributed by atoms with Gasteiger partial charge in [-0.25, -0.2) is 14.8 Å². The summed E-state index contributed by atoms with van der Waals surface area (Å²) in [5, 5.41) is 7.28. The zero-order valence-electron chi connectivity index (χ0n) is 14.1. The lowest BCUT2D eigenvalue weighted by atomic mass is 9.95. The minimum Gasteiger partial charge on any atom is -0.334 e. The molecule has 2 aromatic heterocycles. The molecule has 3 heterocycles. The van der Waals surface area contributed by atoms with Gasteiger partial charge < -0.3 is 10.2 Å². The first-order valence-corrected chi connectivity index (χ1v) is 8.56. The molecule has 128 valence electrons. The number of likely N-dealkylation sites (tertiary alicyclic amines) is 1. The lowest BCUT2D eigenvalue weighted by molar-refractivity contribution is 0.178. The molecule has 2 amide bonds. The van der Waals surface area contributed by atoms with E-state index >= 15 is 0 Å². The van der Waals surface area contributed by atoms with Crippen LogP contribution in [0.1, 0.15) is 43.4 Å². The molecule has 0 radical (unpaired) electrons. The molecule has 1 saturated heterocycles. The predicted molar refractivity (Wildman–Crippen MR) is 90.3 cm³/mol. The Balaban J connectivity index is 1.52. The first-order valence-electron chi connectivity index (χ1n) is 8.56. The monoisotopic (exact) mass is 328 g/mol. The summed E-state index contributed by atoms with van der Waals surface area (Å²) in [6.45, 7) is 5.03. The standard InChI is InChI=1S/C17H24N6O/c1-2-7-23-11-14(10-21-23)9-19-17(24)22-8-3-4-15(12-22)16-5-6-18-13-20-16/h5-6,10-11,13,15H,2-4,7-9,12H2,1H3,(H,19,24)/t15-/m1/s1. The van der Waals surface area contributed by atoms with Gasteiger partial charge in [0.2, 0.25) is 0 Å². The molecule has 24 heavy (non-hydrogen) atoms. The second-order valence-corrected chi connectivity index (χ2v) is 6.19. The van der Waals surface area contributed by atoms with E-state index in [1.165, 1.54) is 0 Å². The summed E-state index contributed by atoms with van der Waals surface area (Å²) in [5.74, 6) is 0.291. The van der Waals surface area contributed by atoms with Gasteiger partial charge in [-0.3, -0.25) is 4.68 Å². The van der Waals surface area contributed by atoms with Gasteiger partial charge in [0.1, 0.15) is 6.33 Å². The fourth-order valence-corrected chi connectivity index (χ4v) is 3.08. The Morgan fingerprint density at radius 1 is 1.46 bits per heavy atom. The topological polar surface area (TPSA) is 75.9 Å². The normalized spacial score (nSPS) is 17.7. The SMILES string of the molecule is CCCn1cc(CNC(=O)N2CCC[C@@H](c3ccncn3)C2)cn1. The summed E-state index contributed by atoms with van der Waals surface area (Å²) in [4.78, 5) is 22.6. The Bertz CT molecular complexity index is 656. The number of aryl methyl sites for hydroxylation is 1.